The molecule has 106 valence electrons. The summed E-state index contributed by atoms with van der Waals surface area (Å²) in [5, 5.41) is 0. The van der Waals surface area contributed by atoms with Gasteiger partial charge in [0.1, 0.15) is 11.6 Å². The largest absolute Gasteiger partial charge is 0.326 e. The topological polar surface area (TPSA) is 29.3 Å². The fourth-order valence-electron chi connectivity index (χ4n) is 3.27. The first-order valence-electron chi connectivity index (χ1n) is 6.83. The van der Waals surface area contributed by atoms with E-state index in [0.29, 0.717) is 0 Å². The molecule has 1 aromatic carbocycles. The van der Waals surface area contributed by atoms with Gasteiger partial charge in [0.05, 0.1) is 0 Å². The first-order valence-corrected chi connectivity index (χ1v) is 6.83. The van der Waals surface area contributed by atoms with E-state index in [2.05, 4.69) is 4.90 Å². The normalized spacial score (nSPS) is 19.9. The zero-order valence-electron chi connectivity index (χ0n) is 11.6. The molecule has 1 atom stereocenters. The third-order valence-corrected chi connectivity index (χ3v) is 4.54. The van der Waals surface area contributed by atoms with Crippen LogP contribution in [0.15, 0.2) is 18.2 Å². The van der Waals surface area contributed by atoms with Crippen LogP contribution < -0.4 is 5.73 Å². The van der Waals surface area contributed by atoms with E-state index in [1.54, 1.807) is 0 Å². The quantitative estimate of drug-likeness (QED) is 0.909. The number of nitrogens with two attached hydrogens (primary N) is 1. The van der Waals surface area contributed by atoms with Gasteiger partial charge in [-0.05, 0) is 45.5 Å². The monoisotopic (exact) mass is 268 g/mol. The Morgan fingerprint density at radius 3 is 2.21 bits per heavy atom. The van der Waals surface area contributed by atoms with Crippen LogP contribution in [0.4, 0.5) is 8.78 Å². The van der Waals surface area contributed by atoms with Gasteiger partial charge in [0.25, 0.3) is 0 Å². The van der Waals surface area contributed by atoms with Gasteiger partial charge >= 0.3 is 0 Å². The van der Waals surface area contributed by atoms with E-state index in [-0.39, 0.29) is 23.6 Å². The molecule has 0 aromatic heterocycles. The maximum absolute atomic E-state index is 13.7. The van der Waals surface area contributed by atoms with Gasteiger partial charge in [-0.15, -0.1) is 0 Å². The van der Waals surface area contributed by atoms with Gasteiger partial charge in [-0.1, -0.05) is 18.9 Å². The summed E-state index contributed by atoms with van der Waals surface area (Å²) in [5.74, 6) is -0.996. The summed E-state index contributed by atoms with van der Waals surface area (Å²) in [7, 11) is 4.01. The fourth-order valence-corrected chi connectivity index (χ4v) is 3.27. The van der Waals surface area contributed by atoms with Crippen LogP contribution in [-0.2, 0) is 6.42 Å². The molecule has 2 N–H and O–H groups in total. The molecule has 1 saturated carbocycles. The van der Waals surface area contributed by atoms with Crippen LogP contribution in [0.5, 0.6) is 0 Å². The number of hydrogen-bond donors (Lipinski definition) is 1. The maximum Gasteiger partial charge on any atom is 0.129 e. The Morgan fingerprint density at radius 2 is 1.74 bits per heavy atom. The van der Waals surface area contributed by atoms with Crippen LogP contribution in [0, 0.1) is 11.6 Å². The molecule has 1 aliphatic carbocycles. The van der Waals surface area contributed by atoms with Crippen molar-refractivity contribution in [1.29, 1.82) is 0 Å². The molecule has 1 fully saturated rings. The van der Waals surface area contributed by atoms with E-state index < -0.39 is 11.6 Å². The van der Waals surface area contributed by atoms with Crippen molar-refractivity contribution in [2.45, 2.75) is 43.7 Å². The highest BCUT2D eigenvalue weighted by Crippen LogP contribution is 2.37. The Hall–Kier alpha value is -1.00. The van der Waals surface area contributed by atoms with Crippen molar-refractivity contribution in [3.63, 3.8) is 0 Å². The predicted molar refractivity (Wildman–Crippen MR) is 72.9 cm³/mol. The minimum atomic E-state index is -0.498. The number of hydrogen-bond acceptors (Lipinski definition) is 2. The molecule has 19 heavy (non-hydrogen) atoms. The lowest BCUT2D eigenvalue weighted by molar-refractivity contribution is 0.122. The number of benzene rings is 1. The second-order valence-electron chi connectivity index (χ2n) is 5.72. The molecule has 0 radical (unpaired) electrons. The summed E-state index contributed by atoms with van der Waals surface area (Å²) in [4.78, 5) is 2.13. The molecule has 1 aliphatic rings. The molecule has 1 unspecified atom stereocenters. The third kappa shape index (κ3) is 2.65. The van der Waals surface area contributed by atoms with E-state index >= 15 is 0 Å². The highest BCUT2D eigenvalue weighted by molar-refractivity contribution is 5.22. The Balaban J connectivity index is 2.22. The average molecular weight is 268 g/mol. The highest BCUT2D eigenvalue weighted by Gasteiger charge is 2.41. The smallest absolute Gasteiger partial charge is 0.129 e. The van der Waals surface area contributed by atoms with Crippen molar-refractivity contribution in [2.24, 2.45) is 5.73 Å². The SMILES string of the molecule is CN(C)C1(C(N)Cc2c(F)cccc2F)CCCC1. The second-order valence-corrected chi connectivity index (χ2v) is 5.72. The minimum absolute atomic E-state index is 0.114. The first-order chi connectivity index (χ1) is 8.97. The van der Waals surface area contributed by atoms with Crippen molar-refractivity contribution in [3.05, 3.63) is 35.4 Å². The van der Waals surface area contributed by atoms with Crippen LogP contribution in [0.1, 0.15) is 31.2 Å². The van der Waals surface area contributed by atoms with E-state index in [9.17, 15) is 8.78 Å². The first kappa shape index (κ1) is 14.4. The van der Waals surface area contributed by atoms with Crippen molar-refractivity contribution in [1.82, 2.24) is 4.90 Å². The fraction of sp³-hybridized carbons (Fsp3) is 0.600. The van der Waals surface area contributed by atoms with Crippen molar-refractivity contribution in [2.75, 3.05) is 14.1 Å². The van der Waals surface area contributed by atoms with Crippen LogP contribution in [0.2, 0.25) is 0 Å². The van der Waals surface area contributed by atoms with Gasteiger partial charge in [-0.3, -0.25) is 0 Å². The number of nitrogens with zero attached hydrogens (tertiary/aromatic N) is 1. The van der Waals surface area contributed by atoms with Crippen molar-refractivity contribution >= 4 is 0 Å². The van der Waals surface area contributed by atoms with Crippen LogP contribution in [0.3, 0.4) is 0 Å². The number of halogens is 2. The molecule has 0 spiro atoms. The van der Waals surface area contributed by atoms with Crippen LogP contribution in [-0.4, -0.2) is 30.6 Å². The van der Waals surface area contributed by atoms with Gasteiger partial charge in [0, 0.05) is 17.1 Å². The molecule has 0 heterocycles. The molecule has 4 heteroatoms. The second kappa shape index (κ2) is 5.55. The van der Waals surface area contributed by atoms with E-state index in [0.717, 1.165) is 25.7 Å². The van der Waals surface area contributed by atoms with Gasteiger partial charge in [-0.2, -0.15) is 0 Å². The van der Waals surface area contributed by atoms with E-state index in [1.165, 1.54) is 18.2 Å². The summed E-state index contributed by atoms with van der Waals surface area (Å²) in [5.41, 5.74) is 6.29. The Morgan fingerprint density at radius 1 is 1.21 bits per heavy atom. The van der Waals surface area contributed by atoms with Gasteiger partial charge in [0.2, 0.25) is 0 Å². The van der Waals surface area contributed by atoms with E-state index in [4.69, 9.17) is 5.73 Å². The Bertz CT molecular complexity index is 420. The Labute approximate surface area is 113 Å². The molecule has 2 nitrogen and oxygen atoms in total. The standard InChI is InChI=1S/C15H22F2N2/c1-19(2)15(8-3-4-9-15)14(18)10-11-12(16)6-5-7-13(11)17/h5-7,14H,3-4,8-10,18H2,1-2H3. The Kier molecular flexibility index (Phi) is 4.21. The van der Waals surface area contributed by atoms with Gasteiger partial charge < -0.3 is 10.6 Å². The van der Waals surface area contributed by atoms with Crippen LogP contribution in [0.25, 0.3) is 0 Å². The maximum atomic E-state index is 13.7. The summed E-state index contributed by atoms with van der Waals surface area (Å²) in [6.45, 7) is 0. The molecule has 0 bridgehead atoms. The summed E-state index contributed by atoms with van der Waals surface area (Å²) in [6.07, 6.45) is 4.50. The summed E-state index contributed by atoms with van der Waals surface area (Å²) < 4.78 is 27.4. The van der Waals surface area contributed by atoms with Crippen LogP contribution >= 0.6 is 0 Å². The molecule has 0 saturated heterocycles. The lowest BCUT2D eigenvalue weighted by atomic mass is 9.83. The third-order valence-electron chi connectivity index (χ3n) is 4.54. The van der Waals surface area contributed by atoms with Gasteiger partial charge in [-0.25, -0.2) is 8.78 Å². The summed E-state index contributed by atoms with van der Waals surface area (Å²) >= 11 is 0. The number of rotatable bonds is 4. The zero-order valence-corrected chi connectivity index (χ0v) is 11.6. The minimum Gasteiger partial charge on any atom is -0.326 e. The highest BCUT2D eigenvalue weighted by atomic mass is 19.1. The van der Waals surface area contributed by atoms with Crippen molar-refractivity contribution < 1.29 is 8.78 Å². The molecule has 0 amide bonds. The lowest BCUT2D eigenvalue weighted by Gasteiger charge is -2.41. The summed E-state index contributed by atoms with van der Waals surface area (Å²) in [6, 6.07) is 3.72. The zero-order chi connectivity index (χ0) is 14.0. The molecule has 0 aliphatic heterocycles. The molecular formula is C15H22F2N2. The average Bonchev–Trinajstić information content (AvgIpc) is 2.84. The van der Waals surface area contributed by atoms with Crippen molar-refractivity contribution in [3.8, 4) is 0 Å². The molecule has 2 rings (SSSR count). The lowest BCUT2D eigenvalue weighted by Crippen LogP contribution is -2.56. The predicted octanol–water partition coefficient (Wildman–Crippen LogP) is 2.71. The number of likely N-dealkylation sites (N-methyl/N-ethyl adjacent to an activating group) is 1. The van der Waals surface area contributed by atoms with Gasteiger partial charge in [0.15, 0.2) is 0 Å². The molecule has 1 aromatic rings. The van der Waals surface area contributed by atoms with E-state index in [1.807, 2.05) is 14.1 Å². The molecular weight excluding hydrogens is 246 g/mol.